The predicted octanol–water partition coefficient (Wildman–Crippen LogP) is 1.37. The molecule has 0 aromatic carbocycles. The van der Waals surface area contributed by atoms with Crippen LogP contribution in [0.2, 0.25) is 0 Å². The molecule has 2 aromatic heterocycles. The Morgan fingerprint density at radius 1 is 1.16 bits per heavy atom. The normalized spacial score (nSPS) is 10.5. The van der Waals surface area contributed by atoms with Gasteiger partial charge in [0.15, 0.2) is 0 Å². The fraction of sp³-hybridized carbons (Fsp3) is 0.476. The minimum Gasteiger partial charge on any atom is -0.467 e. The average Bonchev–Trinajstić information content (AvgIpc) is 3.40. The number of carbonyl (C=O) groups excluding carboxylic acids is 3. The number of carbonyl (C=O) groups is 3. The lowest BCUT2D eigenvalue weighted by Crippen LogP contribution is -2.48. The number of nitrogens with one attached hydrogen (secondary N) is 1. The maximum Gasteiger partial charge on any atom is 0.325 e. The monoisotopic (exact) mass is 434 g/mol. The molecule has 10 heteroatoms. The van der Waals surface area contributed by atoms with Crippen molar-refractivity contribution < 1.29 is 28.3 Å². The van der Waals surface area contributed by atoms with E-state index in [1.54, 1.807) is 30.2 Å². The van der Waals surface area contributed by atoms with E-state index < -0.39 is 12.0 Å². The van der Waals surface area contributed by atoms with Crippen molar-refractivity contribution in [2.45, 2.75) is 20.0 Å². The number of esters is 1. The summed E-state index contributed by atoms with van der Waals surface area (Å²) in [6.07, 6.45) is 3.45. The minimum atomic E-state index is -0.546. The van der Waals surface area contributed by atoms with Gasteiger partial charge in [-0.25, -0.2) is 4.79 Å². The van der Waals surface area contributed by atoms with E-state index in [0.717, 1.165) is 5.69 Å². The highest BCUT2D eigenvalue weighted by molar-refractivity contribution is 5.86. The van der Waals surface area contributed by atoms with Crippen LogP contribution in [0.5, 0.6) is 0 Å². The van der Waals surface area contributed by atoms with Gasteiger partial charge in [-0.15, -0.1) is 0 Å². The van der Waals surface area contributed by atoms with Crippen LogP contribution >= 0.6 is 0 Å². The summed E-state index contributed by atoms with van der Waals surface area (Å²) in [6, 6.07) is 6.83. The second-order valence-corrected chi connectivity index (χ2v) is 6.82. The molecule has 170 valence electrons. The SMILES string of the molecule is CCOC(=O)CNC(=O)N(CCOC)CC(=O)N(Cc1ccco1)Cc1cccn1C. The number of urea groups is 1. The molecule has 0 saturated carbocycles. The molecule has 0 fully saturated rings. The van der Waals surface area contributed by atoms with Crippen LogP contribution < -0.4 is 5.32 Å². The van der Waals surface area contributed by atoms with Gasteiger partial charge in [0.05, 0.1) is 32.6 Å². The predicted molar refractivity (Wildman–Crippen MR) is 112 cm³/mol. The smallest absolute Gasteiger partial charge is 0.325 e. The molecule has 2 aromatic rings. The van der Waals surface area contributed by atoms with E-state index in [4.69, 9.17) is 13.9 Å². The van der Waals surface area contributed by atoms with Gasteiger partial charge in [-0.2, -0.15) is 0 Å². The van der Waals surface area contributed by atoms with Gasteiger partial charge >= 0.3 is 12.0 Å². The first-order valence-corrected chi connectivity index (χ1v) is 10.0. The van der Waals surface area contributed by atoms with Gasteiger partial charge in [0.2, 0.25) is 5.91 Å². The summed E-state index contributed by atoms with van der Waals surface area (Å²) in [5.41, 5.74) is 0.940. The fourth-order valence-electron chi connectivity index (χ4n) is 2.87. The third-order valence-corrected chi connectivity index (χ3v) is 4.55. The first-order chi connectivity index (χ1) is 14.9. The lowest BCUT2D eigenvalue weighted by molar-refractivity contribution is -0.141. The topological polar surface area (TPSA) is 106 Å². The summed E-state index contributed by atoms with van der Waals surface area (Å²) < 4.78 is 17.2. The molecule has 2 rings (SSSR count). The van der Waals surface area contributed by atoms with E-state index in [0.29, 0.717) is 12.3 Å². The number of aryl methyl sites for hydroxylation is 1. The maximum absolute atomic E-state index is 13.1. The van der Waals surface area contributed by atoms with Crippen LogP contribution in [-0.4, -0.2) is 72.2 Å². The number of amides is 3. The van der Waals surface area contributed by atoms with Crippen LogP contribution in [-0.2, 0) is 39.2 Å². The summed E-state index contributed by atoms with van der Waals surface area (Å²) in [7, 11) is 3.41. The van der Waals surface area contributed by atoms with Crippen molar-refractivity contribution in [1.29, 1.82) is 0 Å². The molecule has 0 saturated heterocycles. The second-order valence-electron chi connectivity index (χ2n) is 6.82. The molecule has 10 nitrogen and oxygen atoms in total. The summed E-state index contributed by atoms with van der Waals surface area (Å²) in [4.78, 5) is 40.2. The van der Waals surface area contributed by atoms with Gasteiger partial charge in [0.1, 0.15) is 18.8 Å². The first-order valence-electron chi connectivity index (χ1n) is 10.0. The van der Waals surface area contributed by atoms with E-state index in [-0.39, 0.29) is 45.3 Å². The molecule has 0 aliphatic heterocycles. The highest BCUT2D eigenvalue weighted by Gasteiger charge is 2.23. The van der Waals surface area contributed by atoms with Crippen LogP contribution in [0.1, 0.15) is 18.4 Å². The van der Waals surface area contributed by atoms with Crippen molar-refractivity contribution in [2.75, 3.05) is 40.0 Å². The Hall–Kier alpha value is -3.27. The Balaban J connectivity index is 2.08. The second kappa shape index (κ2) is 12.4. The van der Waals surface area contributed by atoms with Gasteiger partial charge in [-0.3, -0.25) is 9.59 Å². The number of furan rings is 1. The Morgan fingerprint density at radius 3 is 2.58 bits per heavy atom. The molecule has 0 aliphatic carbocycles. The van der Waals surface area contributed by atoms with Crippen molar-refractivity contribution in [2.24, 2.45) is 7.05 Å². The molecule has 0 bridgehead atoms. The van der Waals surface area contributed by atoms with Gasteiger partial charge in [0, 0.05) is 32.6 Å². The molecule has 0 spiro atoms. The Kier molecular flexibility index (Phi) is 9.63. The molecular weight excluding hydrogens is 404 g/mol. The van der Waals surface area contributed by atoms with Crippen LogP contribution in [0.3, 0.4) is 0 Å². The number of methoxy groups -OCH3 is 1. The molecule has 0 radical (unpaired) electrons. The van der Waals surface area contributed by atoms with Crippen molar-refractivity contribution in [3.05, 3.63) is 48.2 Å². The minimum absolute atomic E-state index is 0.177. The van der Waals surface area contributed by atoms with E-state index in [9.17, 15) is 14.4 Å². The largest absolute Gasteiger partial charge is 0.467 e. The van der Waals surface area contributed by atoms with E-state index in [1.165, 1.54) is 12.0 Å². The molecule has 3 amide bonds. The molecule has 0 atom stereocenters. The zero-order valence-corrected chi connectivity index (χ0v) is 18.2. The van der Waals surface area contributed by atoms with Crippen LogP contribution in [0.4, 0.5) is 4.79 Å². The Labute approximate surface area is 181 Å². The number of hydrogen-bond acceptors (Lipinski definition) is 6. The van der Waals surface area contributed by atoms with Gasteiger partial charge in [0.25, 0.3) is 0 Å². The van der Waals surface area contributed by atoms with Gasteiger partial charge in [-0.1, -0.05) is 0 Å². The van der Waals surface area contributed by atoms with Crippen LogP contribution in [0, 0.1) is 0 Å². The third-order valence-electron chi connectivity index (χ3n) is 4.55. The van der Waals surface area contributed by atoms with Crippen molar-refractivity contribution >= 4 is 17.9 Å². The molecule has 0 aliphatic rings. The lowest BCUT2D eigenvalue weighted by atomic mass is 10.3. The number of nitrogens with zero attached hydrogens (tertiary/aromatic N) is 3. The standard InChI is InChI=1S/C21H30N4O6/c1-4-30-20(27)13-22-21(28)24(10-12-29-3)16-19(26)25(15-18-8-6-11-31-18)14-17-7-5-9-23(17)2/h5-9,11H,4,10,12-16H2,1-3H3,(H,22,28). The van der Waals surface area contributed by atoms with Crippen LogP contribution in [0.25, 0.3) is 0 Å². The third kappa shape index (κ3) is 7.82. The first kappa shape index (κ1) is 24.0. The fourth-order valence-corrected chi connectivity index (χ4v) is 2.87. The summed E-state index contributed by atoms with van der Waals surface area (Å²) >= 11 is 0. The number of aromatic nitrogens is 1. The molecule has 2 heterocycles. The van der Waals surface area contributed by atoms with E-state index in [1.807, 2.05) is 29.9 Å². The molecule has 31 heavy (non-hydrogen) atoms. The number of rotatable bonds is 12. The Morgan fingerprint density at radius 2 is 1.97 bits per heavy atom. The quantitative estimate of drug-likeness (QED) is 0.506. The van der Waals surface area contributed by atoms with Gasteiger partial charge < -0.3 is 33.6 Å². The maximum atomic E-state index is 13.1. The summed E-state index contributed by atoms with van der Waals surface area (Å²) in [5, 5.41) is 2.48. The van der Waals surface area contributed by atoms with Crippen molar-refractivity contribution in [3.8, 4) is 0 Å². The highest BCUT2D eigenvalue weighted by Crippen LogP contribution is 2.12. The zero-order chi connectivity index (χ0) is 22.6. The highest BCUT2D eigenvalue weighted by atomic mass is 16.5. The summed E-state index contributed by atoms with van der Waals surface area (Å²) in [5.74, 6) is -0.172. The Bertz CT molecular complexity index is 833. The van der Waals surface area contributed by atoms with Gasteiger partial charge in [-0.05, 0) is 31.2 Å². The zero-order valence-electron chi connectivity index (χ0n) is 18.2. The number of hydrogen-bond donors (Lipinski definition) is 1. The molecule has 0 unspecified atom stereocenters. The van der Waals surface area contributed by atoms with Crippen LogP contribution in [0.15, 0.2) is 41.1 Å². The average molecular weight is 434 g/mol. The molecule has 1 N–H and O–H groups in total. The number of ether oxygens (including phenoxy) is 2. The summed E-state index contributed by atoms with van der Waals surface area (Å²) in [6.45, 7) is 2.51. The van der Waals surface area contributed by atoms with Crippen molar-refractivity contribution in [1.82, 2.24) is 19.7 Å². The van der Waals surface area contributed by atoms with Crippen molar-refractivity contribution in [3.63, 3.8) is 0 Å². The molecular formula is C21H30N4O6. The van der Waals surface area contributed by atoms with E-state index in [2.05, 4.69) is 5.32 Å². The van der Waals surface area contributed by atoms with E-state index >= 15 is 0 Å². The lowest BCUT2D eigenvalue weighted by Gasteiger charge is -2.27.